The average Bonchev–Trinajstić information content (AvgIpc) is 2.53. The quantitative estimate of drug-likeness (QED) is 0.534. The zero-order chi connectivity index (χ0) is 16.4. The van der Waals surface area contributed by atoms with E-state index in [0.717, 1.165) is 26.1 Å². The molecule has 0 aromatic heterocycles. The lowest BCUT2D eigenvalue weighted by atomic mass is 10.1. The number of Topliss-reactive ketones (excluding diaryl/α,β-unsaturated/α-hetero) is 1. The van der Waals surface area contributed by atoms with Gasteiger partial charge in [0.05, 0.1) is 0 Å². The molecule has 0 atom stereocenters. The number of nitrogens with zero attached hydrogens (tertiary/aromatic N) is 1. The molecule has 122 valence electrons. The van der Waals surface area contributed by atoms with Gasteiger partial charge in [-0.3, -0.25) is 9.59 Å². The van der Waals surface area contributed by atoms with Crippen LogP contribution in [0, 0.1) is 5.82 Å². The molecular formula is C17H25FN2O2. The van der Waals surface area contributed by atoms with Crippen LogP contribution in [0.1, 0.15) is 43.5 Å². The SMILES string of the molecule is CCN(CC)CCCNC(=O)CCC(=O)c1ccc(F)cc1. The predicted octanol–water partition coefficient (Wildman–Crippen LogP) is 2.64. The highest BCUT2D eigenvalue weighted by atomic mass is 19.1. The maximum absolute atomic E-state index is 12.8. The van der Waals surface area contributed by atoms with E-state index in [9.17, 15) is 14.0 Å². The Bertz CT molecular complexity index is 470. The number of hydrogen-bond acceptors (Lipinski definition) is 3. The third-order valence-corrected chi connectivity index (χ3v) is 3.61. The van der Waals surface area contributed by atoms with Crippen molar-refractivity contribution in [1.29, 1.82) is 0 Å². The van der Waals surface area contributed by atoms with Gasteiger partial charge in [-0.15, -0.1) is 0 Å². The highest BCUT2D eigenvalue weighted by Gasteiger charge is 2.09. The summed E-state index contributed by atoms with van der Waals surface area (Å²) in [5.41, 5.74) is 0.440. The molecule has 1 rings (SSSR count). The lowest BCUT2D eigenvalue weighted by Crippen LogP contribution is -2.30. The van der Waals surface area contributed by atoms with Crippen LogP contribution in [0.3, 0.4) is 0 Å². The maximum atomic E-state index is 12.8. The van der Waals surface area contributed by atoms with Gasteiger partial charge in [0.2, 0.25) is 5.91 Å². The summed E-state index contributed by atoms with van der Waals surface area (Å²) in [6.07, 6.45) is 1.22. The van der Waals surface area contributed by atoms with Crippen LogP contribution >= 0.6 is 0 Å². The van der Waals surface area contributed by atoms with E-state index in [0.29, 0.717) is 12.1 Å². The van der Waals surface area contributed by atoms with Gasteiger partial charge >= 0.3 is 0 Å². The molecular weight excluding hydrogens is 283 g/mol. The number of halogens is 1. The lowest BCUT2D eigenvalue weighted by Gasteiger charge is -2.17. The molecule has 4 nitrogen and oxygen atoms in total. The predicted molar refractivity (Wildman–Crippen MR) is 85.4 cm³/mol. The van der Waals surface area contributed by atoms with Crippen molar-refractivity contribution >= 4 is 11.7 Å². The van der Waals surface area contributed by atoms with Gasteiger partial charge < -0.3 is 10.2 Å². The minimum Gasteiger partial charge on any atom is -0.356 e. The van der Waals surface area contributed by atoms with Crippen LogP contribution in [-0.2, 0) is 4.79 Å². The fourth-order valence-corrected chi connectivity index (χ4v) is 2.17. The second-order valence-electron chi connectivity index (χ2n) is 5.16. The van der Waals surface area contributed by atoms with Crippen molar-refractivity contribution in [1.82, 2.24) is 10.2 Å². The first kappa shape index (κ1) is 18.3. The van der Waals surface area contributed by atoms with E-state index in [1.165, 1.54) is 24.3 Å². The molecule has 0 fully saturated rings. The Morgan fingerprint density at radius 3 is 2.32 bits per heavy atom. The molecule has 0 aliphatic rings. The Labute approximate surface area is 131 Å². The van der Waals surface area contributed by atoms with Gasteiger partial charge in [0.25, 0.3) is 0 Å². The summed E-state index contributed by atoms with van der Waals surface area (Å²) in [6, 6.07) is 5.39. The molecule has 0 aliphatic carbocycles. The summed E-state index contributed by atoms with van der Waals surface area (Å²) < 4.78 is 12.8. The molecule has 0 heterocycles. The highest BCUT2D eigenvalue weighted by molar-refractivity contribution is 5.97. The van der Waals surface area contributed by atoms with E-state index in [-0.39, 0.29) is 30.3 Å². The van der Waals surface area contributed by atoms with Gasteiger partial charge in [0.1, 0.15) is 5.82 Å². The second-order valence-corrected chi connectivity index (χ2v) is 5.16. The maximum Gasteiger partial charge on any atom is 0.220 e. The van der Waals surface area contributed by atoms with Crippen molar-refractivity contribution in [2.75, 3.05) is 26.2 Å². The molecule has 0 radical (unpaired) electrons. The van der Waals surface area contributed by atoms with Gasteiger partial charge in [0.15, 0.2) is 5.78 Å². The fourth-order valence-electron chi connectivity index (χ4n) is 2.17. The molecule has 1 aromatic carbocycles. The number of hydrogen-bond donors (Lipinski definition) is 1. The monoisotopic (exact) mass is 308 g/mol. The topological polar surface area (TPSA) is 49.4 Å². The van der Waals surface area contributed by atoms with Crippen LogP contribution in [0.2, 0.25) is 0 Å². The first-order valence-corrected chi connectivity index (χ1v) is 7.84. The first-order valence-electron chi connectivity index (χ1n) is 7.84. The molecule has 0 aliphatic heterocycles. The Morgan fingerprint density at radius 2 is 1.73 bits per heavy atom. The normalized spacial score (nSPS) is 10.7. The van der Waals surface area contributed by atoms with Crippen molar-refractivity contribution in [2.24, 2.45) is 0 Å². The molecule has 5 heteroatoms. The summed E-state index contributed by atoms with van der Waals surface area (Å²) >= 11 is 0. The largest absolute Gasteiger partial charge is 0.356 e. The Hall–Kier alpha value is -1.75. The molecule has 1 N–H and O–H groups in total. The molecule has 0 bridgehead atoms. The number of benzene rings is 1. The van der Waals surface area contributed by atoms with Gasteiger partial charge in [-0.2, -0.15) is 0 Å². The van der Waals surface area contributed by atoms with Crippen LogP contribution < -0.4 is 5.32 Å². The Morgan fingerprint density at radius 1 is 1.09 bits per heavy atom. The Kier molecular flexibility index (Phi) is 8.36. The van der Waals surface area contributed by atoms with E-state index >= 15 is 0 Å². The van der Waals surface area contributed by atoms with E-state index in [1.54, 1.807) is 0 Å². The number of amides is 1. The first-order chi connectivity index (χ1) is 10.6. The molecule has 0 saturated carbocycles. The number of ketones is 1. The van der Waals surface area contributed by atoms with E-state index in [2.05, 4.69) is 24.1 Å². The smallest absolute Gasteiger partial charge is 0.220 e. The van der Waals surface area contributed by atoms with Gasteiger partial charge in [-0.25, -0.2) is 4.39 Å². The molecule has 0 saturated heterocycles. The molecule has 0 spiro atoms. The van der Waals surface area contributed by atoms with E-state index < -0.39 is 0 Å². The molecule has 1 amide bonds. The molecule has 22 heavy (non-hydrogen) atoms. The standard InChI is InChI=1S/C17H25FN2O2/c1-3-20(4-2)13-5-12-19-17(22)11-10-16(21)14-6-8-15(18)9-7-14/h6-9H,3-5,10-13H2,1-2H3,(H,19,22). The van der Waals surface area contributed by atoms with E-state index in [4.69, 9.17) is 0 Å². The van der Waals surface area contributed by atoms with Crippen LogP contribution in [0.5, 0.6) is 0 Å². The van der Waals surface area contributed by atoms with Crippen molar-refractivity contribution in [3.8, 4) is 0 Å². The fraction of sp³-hybridized carbons (Fsp3) is 0.529. The van der Waals surface area contributed by atoms with Crippen LogP contribution in [-0.4, -0.2) is 42.8 Å². The zero-order valence-electron chi connectivity index (χ0n) is 13.4. The number of carbonyl (C=O) groups excluding carboxylic acids is 2. The van der Waals surface area contributed by atoms with Crippen molar-refractivity contribution < 1.29 is 14.0 Å². The van der Waals surface area contributed by atoms with E-state index in [1.807, 2.05) is 0 Å². The van der Waals surface area contributed by atoms with Crippen molar-refractivity contribution in [2.45, 2.75) is 33.1 Å². The van der Waals surface area contributed by atoms with Crippen LogP contribution in [0.25, 0.3) is 0 Å². The van der Waals surface area contributed by atoms with Crippen molar-refractivity contribution in [3.05, 3.63) is 35.6 Å². The van der Waals surface area contributed by atoms with Gasteiger partial charge in [0, 0.05) is 24.9 Å². The van der Waals surface area contributed by atoms with Crippen molar-refractivity contribution in [3.63, 3.8) is 0 Å². The zero-order valence-corrected chi connectivity index (χ0v) is 13.4. The second kappa shape index (κ2) is 10.1. The summed E-state index contributed by atoms with van der Waals surface area (Å²) in [7, 11) is 0. The van der Waals surface area contributed by atoms with Crippen LogP contribution in [0.15, 0.2) is 24.3 Å². The summed E-state index contributed by atoms with van der Waals surface area (Å²) in [6.45, 7) is 7.83. The minimum absolute atomic E-state index is 0.116. The van der Waals surface area contributed by atoms with Gasteiger partial charge in [-0.1, -0.05) is 13.8 Å². The number of carbonyl (C=O) groups is 2. The van der Waals surface area contributed by atoms with Crippen LogP contribution in [0.4, 0.5) is 4.39 Å². The lowest BCUT2D eigenvalue weighted by molar-refractivity contribution is -0.121. The highest BCUT2D eigenvalue weighted by Crippen LogP contribution is 2.07. The summed E-state index contributed by atoms with van der Waals surface area (Å²) in [5.74, 6) is -0.629. The number of nitrogens with one attached hydrogen (secondary N) is 1. The third kappa shape index (κ3) is 6.80. The molecule has 1 aromatic rings. The third-order valence-electron chi connectivity index (χ3n) is 3.61. The Balaban J connectivity index is 2.20. The molecule has 0 unspecified atom stereocenters. The van der Waals surface area contributed by atoms with Gasteiger partial charge in [-0.05, 0) is 50.3 Å². The number of rotatable bonds is 10. The summed E-state index contributed by atoms with van der Waals surface area (Å²) in [5, 5.41) is 2.82. The minimum atomic E-state index is -0.373. The average molecular weight is 308 g/mol. The summed E-state index contributed by atoms with van der Waals surface area (Å²) in [4.78, 5) is 25.8.